The number of nitro benzene ring substituents is 1. The minimum Gasteiger partial charge on any atom is -0.393 e. The summed E-state index contributed by atoms with van der Waals surface area (Å²) in [6.45, 7) is 0. The molecule has 0 spiro atoms. The van der Waals surface area contributed by atoms with Crippen LogP contribution in [-0.4, -0.2) is 10.3 Å². The fourth-order valence-electron chi connectivity index (χ4n) is 1.15. The number of nitrogen functional groups attached to an aromatic ring is 1. The summed E-state index contributed by atoms with van der Waals surface area (Å²) in [6.07, 6.45) is 3.95. The zero-order valence-electron chi connectivity index (χ0n) is 8.32. The Morgan fingerprint density at radius 3 is 2.81 bits per heavy atom. The molecule has 0 saturated heterocycles. The average molecular weight is 289 g/mol. The lowest BCUT2D eigenvalue weighted by Gasteiger charge is -2.00. The van der Waals surface area contributed by atoms with Gasteiger partial charge >= 0.3 is 0 Å². The molecule has 0 aliphatic rings. The number of benzene rings is 1. The van der Waals surface area contributed by atoms with Gasteiger partial charge in [-0.3, -0.25) is 10.1 Å². The largest absolute Gasteiger partial charge is 0.393 e. The molecule has 6 heteroatoms. The number of alkyl halides is 1. The van der Waals surface area contributed by atoms with Gasteiger partial charge in [0.1, 0.15) is 11.5 Å². The number of nitrogens with zero attached hydrogens (tertiary/aromatic N) is 1. The Hall–Kier alpha value is -1.43. The molecule has 0 aliphatic carbocycles. The van der Waals surface area contributed by atoms with E-state index in [1.807, 2.05) is 0 Å². The van der Waals surface area contributed by atoms with Gasteiger partial charge in [-0.15, -0.1) is 0 Å². The van der Waals surface area contributed by atoms with Crippen LogP contribution >= 0.6 is 15.9 Å². The van der Waals surface area contributed by atoms with Crippen LogP contribution in [0.15, 0.2) is 18.2 Å². The van der Waals surface area contributed by atoms with Gasteiger partial charge in [0.2, 0.25) is 0 Å². The van der Waals surface area contributed by atoms with Crippen LogP contribution in [0.5, 0.6) is 0 Å². The predicted octanol–water partition coefficient (Wildman–Crippen LogP) is 3.11. The van der Waals surface area contributed by atoms with Crippen LogP contribution in [0.1, 0.15) is 12.0 Å². The quantitative estimate of drug-likeness (QED) is 0.401. The molecule has 1 aromatic carbocycles. The molecule has 0 amide bonds. The Bertz CT molecular complexity index is 435. The number of allylic oxidation sites excluding steroid dienone is 1. The van der Waals surface area contributed by atoms with Crippen LogP contribution < -0.4 is 5.73 Å². The molecule has 0 atom stereocenters. The first-order valence-electron chi connectivity index (χ1n) is 4.52. The van der Waals surface area contributed by atoms with Crippen molar-refractivity contribution in [2.24, 2.45) is 0 Å². The van der Waals surface area contributed by atoms with E-state index in [0.29, 0.717) is 0 Å². The summed E-state index contributed by atoms with van der Waals surface area (Å²) in [7, 11) is 0. The van der Waals surface area contributed by atoms with Crippen LogP contribution in [0, 0.1) is 15.9 Å². The maximum absolute atomic E-state index is 13.4. The van der Waals surface area contributed by atoms with E-state index >= 15 is 0 Å². The Kier molecular flexibility index (Phi) is 4.42. The maximum atomic E-state index is 13.4. The second-order valence-corrected chi connectivity index (χ2v) is 3.86. The van der Waals surface area contributed by atoms with Gasteiger partial charge < -0.3 is 5.73 Å². The highest BCUT2D eigenvalue weighted by Gasteiger charge is 2.14. The third-order valence-corrected chi connectivity index (χ3v) is 2.37. The first-order valence-corrected chi connectivity index (χ1v) is 5.64. The lowest BCUT2D eigenvalue weighted by Crippen LogP contribution is -1.98. The second-order valence-electron chi connectivity index (χ2n) is 3.07. The Morgan fingerprint density at radius 2 is 2.25 bits per heavy atom. The summed E-state index contributed by atoms with van der Waals surface area (Å²) < 4.78 is 13.4. The van der Waals surface area contributed by atoms with Gasteiger partial charge in [-0.25, -0.2) is 4.39 Å². The maximum Gasteiger partial charge on any atom is 0.292 e. The minimum atomic E-state index is -0.628. The zero-order valence-corrected chi connectivity index (χ0v) is 9.91. The average Bonchev–Trinajstić information content (AvgIpc) is 2.21. The molecule has 4 nitrogen and oxygen atoms in total. The molecule has 1 aromatic rings. The van der Waals surface area contributed by atoms with Crippen LogP contribution in [-0.2, 0) is 0 Å². The number of nitrogens with two attached hydrogens (primary N) is 1. The van der Waals surface area contributed by atoms with E-state index in [4.69, 9.17) is 5.73 Å². The SMILES string of the molecule is Nc1cc(F)c(C=CCCBr)cc1[N+](=O)[O-]. The Morgan fingerprint density at radius 1 is 1.56 bits per heavy atom. The van der Waals surface area contributed by atoms with Gasteiger partial charge in [0.15, 0.2) is 0 Å². The molecule has 0 radical (unpaired) electrons. The summed E-state index contributed by atoms with van der Waals surface area (Å²) in [5, 5.41) is 11.3. The lowest BCUT2D eigenvalue weighted by atomic mass is 10.1. The molecule has 0 aliphatic heterocycles. The van der Waals surface area contributed by atoms with Gasteiger partial charge in [0.25, 0.3) is 5.69 Å². The van der Waals surface area contributed by atoms with Crippen molar-refractivity contribution in [3.8, 4) is 0 Å². The number of nitro groups is 1. The second kappa shape index (κ2) is 5.60. The summed E-state index contributed by atoms with van der Waals surface area (Å²) in [5.41, 5.74) is 5.06. The minimum absolute atomic E-state index is 0.167. The lowest BCUT2D eigenvalue weighted by molar-refractivity contribution is -0.383. The van der Waals surface area contributed by atoms with Crippen molar-refractivity contribution in [2.45, 2.75) is 6.42 Å². The highest BCUT2D eigenvalue weighted by molar-refractivity contribution is 9.09. The number of hydrogen-bond acceptors (Lipinski definition) is 3. The van der Waals surface area contributed by atoms with E-state index < -0.39 is 10.7 Å². The monoisotopic (exact) mass is 288 g/mol. The molecular weight excluding hydrogens is 279 g/mol. The van der Waals surface area contributed by atoms with Gasteiger partial charge in [0.05, 0.1) is 4.92 Å². The van der Waals surface area contributed by atoms with Gasteiger partial charge in [0, 0.05) is 23.0 Å². The molecule has 0 heterocycles. The first-order chi connectivity index (χ1) is 7.56. The molecule has 0 saturated carbocycles. The van der Waals surface area contributed by atoms with Crippen molar-refractivity contribution < 1.29 is 9.31 Å². The van der Waals surface area contributed by atoms with Crippen LogP contribution in [0.2, 0.25) is 0 Å². The molecule has 0 aromatic heterocycles. The number of hydrogen-bond donors (Lipinski definition) is 1. The highest BCUT2D eigenvalue weighted by atomic mass is 79.9. The summed E-state index contributed by atoms with van der Waals surface area (Å²) >= 11 is 3.22. The number of halogens is 2. The van der Waals surface area contributed by atoms with Crippen molar-refractivity contribution in [2.75, 3.05) is 11.1 Å². The van der Waals surface area contributed by atoms with E-state index in [9.17, 15) is 14.5 Å². The Labute approximate surface area is 100 Å². The number of anilines is 1. The summed E-state index contributed by atoms with van der Waals surface area (Å²) in [5.74, 6) is -0.561. The van der Waals surface area contributed by atoms with Crippen molar-refractivity contribution in [1.29, 1.82) is 0 Å². The smallest absolute Gasteiger partial charge is 0.292 e. The van der Waals surface area contributed by atoms with E-state index in [0.717, 1.165) is 23.9 Å². The fourth-order valence-corrected chi connectivity index (χ4v) is 1.42. The van der Waals surface area contributed by atoms with Crippen LogP contribution in [0.3, 0.4) is 0 Å². The van der Waals surface area contributed by atoms with E-state index in [1.165, 1.54) is 6.08 Å². The first kappa shape index (κ1) is 12.6. The molecule has 0 fully saturated rings. The summed E-state index contributed by atoms with van der Waals surface area (Å²) in [4.78, 5) is 9.96. The van der Waals surface area contributed by atoms with Gasteiger partial charge in [-0.2, -0.15) is 0 Å². The normalized spacial score (nSPS) is 10.9. The van der Waals surface area contributed by atoms with Crippen LogP contribution in [0.25, 0.3) is 6.08 Å². The molecule has 0 unspecified atom stereocenters. The van der Waals surface area contributed by atoms with E-state index in [1.54, 1.807) is 6.08 Å². The van der Waals surface area contributed by atoms with Gasteiger partial charge in [-0.05, 0) is 6.42 Å². The topological polar surface area (TPSA) is 69.2 Å². The molecule has 16 heavy (non-hydrogen) atoms. The molecule has 1 rings (SSSR count). The van der Waals surface area contributed by atoms with E-state index in [-0.39, 0.29) is 16.9 Å². The third-order valence-electron chi connectivity index (χ3n) is 1.92. The standard InChI is InChI=1S/C10H10BrFN2O2/c11-4-2-1-3-7-5-10(14(15)16)9(13)6-8(7)12/h1,3,5-6H,2,4,13H2. The molecule has 0 bridgehead atoms. The predicted molar refractivity (Wildman–Crippen MR) is 64.9 cm³/mol. The van der Waals surface area contributed by atoms with Crippen molar-refractivity contribution in [3.63, 3.8) is 0 Å². The number of rotatable bonds is 4. The Balaban J connectivity index is 3.09. The van der Waals surface area contributed by atoms with Crippen molar-refractivity contribution in [1.82, 2.24) is 0 Å². The fraction of sp³-hybridized carbons (Fsp3) is 0.200. The van der Waals surface area contributed by atoms with Gasteiger partial charge in [-0.1, -0.05) is 28.1 Å². The molecule has 86 valence electrons. The highest BCUT2D eigenvalue weighted by Crippen LogP contribution is 2.25. The van der Waals surface area contributed by atoms with E-state index in [2.05, 4.69) is 15.9 Å². The van der Waals surface area contributed by atoms with Crippen molar-refractivity contribution >= 4 is 33.4 Å². The van der Waals surface area contributed by atoms with Crippen LogP contribution in [0.4, 0.5) is 15.8 Å². The molecule has 2 N–H and O–H groups in total. The zero-order chi connectivity index (χ0) is 12.1. The summed E-state index contributed by atoms with van der Waals surface area (Å²) in [6, 6.07) is 2.10. The third kappa shape index (κ3) is 3.03. The van der Waals surface area contributed by atoms with Crippen molar-refractivity contribution in [3.05, 3.63) is 39.7 Å². The molecular formula is C10H10BrFN2O2.